The molecule has 0 unspecified atom stereocenters. The summed E-state index contributed by atoms with van der Waals surface area (Å²) in [6.07, 6.45) is 2.19. The summed E-state index contributed by atoms with van der Waals surface area (Å²) in [7, 11) is 0. The standard InChI is InChI=1S/C11H10Cl2N2O2/c12-10(16)8-5-7(15-3-1-2-4-15)6-9(14-8)11(13)17/h5-6H,1-4H2. The summed E-state index contributed by atoms with van der Waals surface area (Å²) in [6.45, 7) is 1.80. The van der Waals surface area contributed by atoms with E-state index in [1.165, 1.54) is 0 Å². The van der Waals surface area contributed by atoms with E-state index >= 15 is 0 Å². The second-order valence-corrected chi connectivity index (χ2v) is 4.52. The highest BCUT2D eigenvalue weighted by molar-refractivity contribution is 6.68. The van der Waals surface area contributed by atoms with Gasteiger partial charge in [-0.15, -0.1) is 0 Å². The first-order chi connectivity index (χ1) is 8.08. The average Bonchev–Trinajstić information content (AvgIpc) is 2.81. The van der Waals surface area contributed by atoms with Crippen molar-refractivity contribution in [2.24, 2.45) is 0 Å². The maximum atomic E-state index is 11.1. The van der Waals surface area contributed by atoms with E-state index in [1.54, 1.807) is 12.1 Å². The number of aromatic nitrogens is 1. The zero-order chi connectivity index (χ0) is 12.4. The highest BCUT2D eigenvalue weighted by Crippen LogP contribution is 2.23. The fraction of sp³-hybridized carbons (Fsp3) is 0.364. The molecular formula is C11H10Cl2N2O2. The minimum Gasteiger partial charge on any atom is -0.371 e. The minimum absolute atomic E-state index is 0.0556. The number of halogens is 2. The molecule has 0 spiro atoms. The number of nitrogens with zero attached hydrogens (tertiary/aromatic N) is 2. The summed E-state index contributed by atoms with van der Waals surface area (Å²) in [5, 5.41) is -1.38. The molecule has 4 nitrogen and oxygen atoms in total. The summed E-state index contributed by atoms with van der Waals surface area (Å²) in [4.78, 5) is 28.1. The van der Waals surface area contributed by atoms with Crippen LogP contribution in [0.1, 0.15) is 33.8 Å². The van der Waals surface area contributed by atoms with Gasteiger partial charge in [-0.05, 0) is 48.2 Å². The number of hydrogen-bond donors (Lipinski definition) is 0. The molecule has 1 aromatic rings. The van der Waals surface area contributed by atoms with E-state index < -0.39 is 10.5 Å². The summed E-state index contributed by atoms with van der Waals surface area (Å²) in [5.74, 6) is 0. The van der Waals surface area contributed by atoms with E-state index in [4.69, 9.17) is 23.2 Å². The van der Waals surface area contributed by atoms with Gasteiger partial charge in [0.15, 0.2) is 0 Å². The van der Waals surface area contributed by atoms with Crippen LogP contribution in [0.2, 0.25) is 0 Å². The topological polar surface area (TPSA) is 50.3 Å². The van der Waals surface area contributed by atoms with Crippen LogP contribution in [0, 0.1) is 0 Å². The first-order valence-electron chi connectivity index (χ1n) is 5.24. The third-order valence-corrected chi connectivity index (χ3v) is 3.07. The van der Waals surface area contributed by atoms with Crippen LogP contribution in [0.4, 0.5) is 5.69 Å². The second kappa shape index (κ2) is 5.02. The van der Waals surface area contributed by atoms with E-state index in [2.05, 4.69) is 9.88 Å². The van der Waals surface area contributed by atoms with Crippen molar-refractivity contribution in [2.45, 2.75) is 12.8 Å². The third kappa shape index (κ3) is 2.76. The van der Waals surface area contributed by atoms with Gasteiger partial charge in [0.1, 0.15) is 11.4 Å². The lowest BCUT2D eigenvalue weighted by Gasteiger charge is -2.18. The Morgan fingerprint density at radius 3 is 1.94 bits per heavy atom. The molecule has 0 aromatic carbocycles. The van der Waals surface area contributed by atoms with Crippen molar-refractivity contribution < 1.29 is 9.59 Å². The molecule has 1 aromatic heterocycles. The Morgan fingerprint density at radius 2 is 1.53 bits per heavy atom. The monoisotopic (exact) mass is 272 g/mol. The molecule has 0 N–H and O–H groups in total. The maximum Gasteiger partial charge on any atom is 0.270 e. The highest BCUT2D eigenvalue weighted by Gasteiger charge is 2.17. The number of carbonyl (C=O) groups excluding carboxylic acids is 2. The van der Waals surface area contributed by atoms with Crippen LogP contribution in [0.5, 0.6) is 0 Å². The number of carbonyl (C=O) groups is 2. The molecule has 17 heavy (non-hydrogen) atoms. The van der Waals surface area contributed by atoms with E-state index in [-0.39, 0.29) is 11.4 Å². The first-order valence-corrected chi connectivity index (χ1v) is 6.00. The van der Waals surface area contributed by atoms with Gasteiger partial charge in [0.2, 0.25) is 0 Å². The van der Waals surface area contributed by atoms with Gasteiger partial charge in [-0.2, -0.15) is 0 Å². The Morgan fingerprint density at radius 1 is 1.06 bits per heavy atom. The van der Waals surface area contributed by atoms with Crippen molar-refractivity contribution in [3.63, 3.8) is 0 Å². The number of rotatable bonds is 3. The molecule has 0 radical (unpaired) electrons. The Bertz CT molecular complexity index is 438. The van der Waals surface area contributed by atoms with Crippen LogP contribution in [-0.4, -0.2) is 28.6 Å². The molecule has 2 rings (SSSR count). The molecular weight excluding hydrogens is 263 g/mol. The van der Waals surface area contributed by atoms with Gasteiger partial charge < -0.3 is 4.90 Å². The van der Waals surface area contributed by atoms with Crippen molar-refractivity contribution in [3.8, 4) is 0 Å². The summed E-state index contributed by atoms with van der Waals surface area (Å²) in [5.41, 5.74) is 0.880. The summed E-state index contributed by atoms with van der Waals surface area (Å²) >= 11 is 10.8. The van der Waals surface area contributed by atoms with Gasteiger partial charge in [0, 0.05) is 18.8 Å². The molecule has 1 aliphatic heterocycles. The van der Waals surface area contributed by atoms with Crippen molar-refractivity contribution >= 4 is 39.4 Å². The molecule has 2 heterocycles. The zero-order valence-electron chi connectivity index (χ0n) is 8.95. The lowest BCUT2D eigenvalue weighted by atomic mass is 10.2. The van der Waals surface area contributed by atoms with Crippen LogP contribution in [-0.2, 0) is 0 Å². The van der Waals surface area contributed by atoms with Crippen LogP contribution in [0.25, 0.3) is 0 Å². The average molecular weight is 273 g/mol. The van der Waals surface area contributed by atoms with E-state index in [0.717, 1.165) is 31.6 Å². The molecule has 1 saturated heterocycles. The molecule has 0 amide bonds. The second-order valence-electron chi connectivity index (χ2n) is 3.84. The van der Waals surface area contributed by atoms with Crippen LogP contribution >= 0.6 is 23.2 Å². The van der Waals surface area contributed by atoms with Crippen LogP contribution in [0.15, 0.2) is 12.1 Å². The van der Waals surface area contributed by atoms with Gasteiger partial charge in [-0.1, -0.05) is 0 Å². The molecule has 1 aliphatic rings. The summed E-state index contributed by atoms with van der Waals surface area (Å²) in [6, 6.07) is 3.17. The van der Waals surface area contributed by atoms with Crippen LogP contribution in [0.3, 0.4) is 0 Å². The SMILES string of the molecule is O=C(Cl)c1cc(N2CCCC2)cc(C(=O)Cl)n1. The lowest BCUT2D eigenvalue weighted by Crippen LogP contribution is -2.19. The molecule has 0 bridgehead atoms. The first kappa shape index (κ1) is 12.3. The Kier molecular flexibility index (Phi) is 3.64. The predicted molar refractivity (Wildman–Crippen MR) is 66.1 cm³/mol. The predicted octanol–water partition coefficient (Wildman–Crippen LogP) is 2.44. The van der Waals surface area contributed by atoms with E-state index in [0.29, 0.717) is 0 Å². The largest absolute Gasteiger partial charge is 0.371 e. The van der Waals surface area contributed by atoms with Gasteiger partial charge in [0.25, 0.3) is 10.5 Å². The van der Waals surface area contributed by atoms with Gasteiger partial charge in [0.05, 0.1) is 0 Å². The fourth-order valence-corrected chi connectivity index (χ4v) is 2.07. The third-order valence-electron chi connectivity index (χ3n) is 2.68. The zero-order valence-corrected chi connectivity index (χ0v) is 10.5. The Hall–Kier alpha value is -1.13. The number of hydrogen-bond acceptors (Lipinski definition) is 4. The van der Waals surface area contributed by atoms with Crippen molar-refractivity contribution in [1.82, 2.24) is 4.98 Å². The molecule has 0 atom stereocenters. The quantitative estimate of drug-likeness (QED) is 0.794. The van der Waals surface area contributed by atoms with Crippen molar-refractivity contribution in [1.29, 1.82) is 0 Å². The van der Waals surface area contributed by atoms with Gasteiger partial charge in [-0.3, -0.25) is 9.59 Å². The van der Waals surface area contributed by atoms with Crippen molar-refractivity contribution in [3.05, 3.63) is 23.5 Å². The van der Waals surface area contributed by atoms with Crippen LogP contribution < -0.4 is 4.90 Å². The van der Waals surface area contributed by atoms with Crippen molar-refractivity contribution in [2.75, 3.05) is 18.0 Å². The number of anilines is 1. The highest BCUT2D eigenvalue weighted by atomic mass is 35.5. The van der Waals surface area contributed by atoms with Gasteiger partial charge in [-0.25, -0.2) is 4.98 Å². The summed E-state index contributed by atoms with van der Waals surface area (Å²) < 4.78 is 0. The smallest absolute Gasteiger partial charge is 0.270 e. The van der Waals surface area contributed by atoms with E-state index in [1.807, 2.05) is 0 Å². The molecule has 90 valence electrons. The molecule has 6 heteroatoms. The Labute approximate surface area is 109 Å². The normalized spacial score (nSPS) is 15.1. The maximum absolute atomic E-state index is 11.1. The number of pyridine rings is 1. The fourth-order valence-electron chi connectivity index (χ4n) is 1.88. The minimum atomic E-state index is -0.690. The molecule has 0 saturated carbocycles. The molecule has 1 fully saturated rings. The molecule has 0 aliphatic carbocycles. The lowest BCUT2D eigenvalue weighted by molar-refractivity contribution is 0.107. The Balaban J connectivity index is 2.43. The van der Waals surface area contributed by atoms with E-state index in [9.17, 15) is 9.59 Å². The van der Waals surface area contributed by atoms with Gasteiger partial charge >= 0.3 is 0 Å².